The van der Waals surface area contributed by atoms with Crippen molar-refractivity contribution in [1.82, 2.24) is 5.32 Å². The summed E-state index contributed by atoms with van der Waals surface area (Å²) < 4.78 is 15.6. The molecule has 1 aromatic rings. The van der Waals surface area contributed by atoms with Gasteiger partial charge >= 0.3 is 12.1 Å². The monoisotopic (exact) mass is 381 g/mol. The largest absolute Gasteiger partial charge is 0.469 e. The van der Waals surface area contributed by atoms with Crippen molar-refractivity contribution in [3.05, 3.63) is 35.9 Å². The molecule has 7 heteroatoms. The number of carbonyl (C=O) groups excluding carboxylic acids is 2. The van der Waals surface area contributed by atoms with Crippen molar-refractivity contribution in [2.45, 2.75) is 65.1 Å². The van der Waals surface area contributed by atoms with E-state index in [0.717, 1.165) is 5.56 Å². The number of rotatable bonds is 9. The van der Waals surface area contributed by atoms with Gasteiger partial charge in [0, 0.05) is 0 Å². The normalized spacial score (nSPS) is 14.7. The zero-order chi connectivity index (χ0) is 20.4. The fraction of sp³-hybridized carbons (Fsp3) is 0.600. The summed E-state index contributed by atoms with van der Waals surface area (Å²) >= 11 is 0. The van der Waals surface area contributed by atoms with Gasteiger partial charge in [-0.2, -0.15) is 0 Å². The number of nitrogens with one attached hydrogen (secondary N) is 1. The second-order valence-electron chi connectivity index (χ2n) is 7.30. The molecule has 0 heterocycles. The van der Waals surface area contributed by atoms with Gasteiger partial charge in [-0.3, -0.25) is 4.79 Å². The Morgan fingerprint density at radius 2 is 1.81 bits per heavy atom. The Kier molecular flexibility index (Phi) is 9.25. The fourth-order valence-electron chi connectivity index (χ4n) is 2.48. The number of hydrogen-bond acceptors (Lipinski definition) is 6. The molecule has 1 unspecified atom stereocenters. The zero-order valence-corrected chi connectivity index (χ0v) is 16.7. The first kappa shape index (κ1) is 22.9. The molecule has 0 aliphatic carbocycles. The van der Waals surface area contributed by atoms with E-state index in [4.69, 9.17) is 14.2 Å². The van der Waals surface area contributed by atoms with Crippen LogP contribution in [0.15, 0.2) is 30.3 Å². The minimum absolute atomic E-state index is 0.165. The number of aliphatic hydroxyl groups excluding tert-OH is 1. The van der Waals surface area contributed by atoms with Crippen LogP contribution in [0.1, 0.15) is 46.1 Å². The predicted octanol–water partition coefficient (Wildman–Crippen LogP) is 3.00. The summed E-state index contributed by atoms with van der Waals surface area (Å²) in [5.41, 5.74) is 0.198. The van der Waals surface area contributed by atoms with Crippen molar-refractivity contribution in [3.63, 3.8) is 0 Å². The molecule has 152 valence electrons. The van der Waals surface area contributed by atoms with Crippen molar-refractivity contribution in [1.29, 1.82) is 0 Å². The number of esters is 1. The highest BCUT2D eigenvalue weighted by Crippen LogP contribution is 2.18. The summed E-state index contributed by atoms with van der Waals surface area (Å²) in [6.07, 6.45) is -1.32. The number of hydrogen-bond donors (Lipinski definition) is 2. The summed E-state index contributed by atoms with van der Waals surface area (Å²) in [6, 6.07) is 8.53. The minimum atomic E-state index is -1.31. The number of benzene rings is 1. The van der Waals surface area contributed by atoms with Crippen LogP contribution in [0.25, 0.3) is 0 Å². The lowest BCUT2D eigenvalue weighted by atomic mass is 9.97. The van der Waals surface area contributed by atoms with Crippen LogP contribution >= 0.6 is 0 Å². The summed E-state index contributed by atoms with van der Waals surface area (Å²) in [7, 11) is 1.31. The second kappa shape index (κ2) is 10.9. The molecule has 2 N–H and O–H groups in total. The van der Waals surface area contributed by atoms with Crippen molar-refractivity contribution >= 4 is 12.1 Å². The minimum Gasteiger partial charge on any atom is -0.469 e. The molecule has 0 aliphatic heterocycles. The van der Waals surface area contributed by atoms with E-state index in [1.165, 1.54) is 7.11 Å². The molecule has 1 aromatic carbocycles. The van der Waals surface area contributed by atoms with Gasteiger partial charge in [-0.15, -0.1) is 0 Å². The van der Waals surface area contributed by atoms with E-state index in [2.05, 4.69) is 5.32 Å². The molecular weight excluding hydrogens is 350 g/mol. The molecule has 0 saturated carbocycles. The molecule has 1 rings (SSSR count). The Hall–Kier alpha value is -2.12. The van der Waals surface area contributed by atoms with Crippen LogP contribution in [0.2, 0.25) is 0 Å². The first-order valence-corrected chi connectivity index (χ1v) is 9.07. The van der Waals surface area contributed by atoms with Gasteiger partial charge in [0.2, 0.25) is 0 Å². The molecule has 0 fully saturated rings. The van der Waals surface area contributed by atoms with Crippen LogP contribution in [0, 0.1) is 5.92 Å². The molecule has 3 atom stereocenters. The number of aliphatic hydroxyl groups is 1. The fourth-order valence-corrected chi connectivity index (χ4v) is 2.48. The average Bonchev–Trinajstić information content (AvgIpc) is 2.61. The van der Waals surface area contributed by atoms with E-state index in [0.29, 0.717) is 6.42 Å². The number of amides is 1. The van der Waals surface area contributed by atoms with Crippen molar-refractivity contribution in [2.75, 3.05) is 7.11 Å². The van der Waals surface area contributed by atoms with E-state index in [1.807, 2.05) is 37.3 Å². The average molecular weight is 381 g/mol. The molecule has 27 heavy (non-hydrogen) atoms. The third kappa shape index (κ3) is 8.88. The van der Waals surface area contributed by atoms with E-state index < -0.39 is 35.9 Å². The number of alkyl carbamates (subject to hydrolysis) is 1. The van der Waals surface area contributed by atoms with E-state index in [1.54, 1.807) is 20.8 Å². The van der Waals surface area contributed by atoms with Crippen molar-refractivity contribution in [2.24, 2.45) is 5.92 Å². The van der Waals surface area contributed by atoms with Crippen LogP contribution in [-0.2, 0) is 25.6 Å². The summed E-state index contributed by atoms with van der Waals surface area (Å²) in [5.74, 6) is -0.881. The standard InChI is InChI=1S/C20H31NO6/c1-6-15(17(22)25-5)12-16(21-19(24)27-20(2,3)4)18(23)26-13-14-10-8-7-9-11-14/h7-11,15-16,18,23H,6,12-13H2,1-5H3,(H,21,24)/t15-,16-,18?/m0/s1. The SMILES string of the molecule is CC[C@@H](C[C@H](NC(=O)OC(C)(C)C)C(O)OCc1ccccc1)C(=O)OC. The molecule has 1 amide bonds. The van der Waals surface area contributed by atoms with Gasteiger partial charge in [-0.25, -0.2) is 4.79 Å². The molecule has 0 bridgehead atoms. The Balaban J connectivity index is 2.80. The van der Waals surface area contributed by atoms with E-state index in [9.17, 15) is 14.7 Å². The van der Waals surface area contributed by atoms with Crippen molar-refractivity contribution < 1.29 is 28.9 Å². The molecule has 0 radical (unpaired) electrons. The van der Waals surface area contributed by atoms with Crippen LogP contribution in [0.5, 0.6) is 0 Å². The first-order chi connectivity index (χ1) is 12.7. The smallest absolute Gasteiger partial charge is 0.408 e. The lowest BCUT2D eigenvalue weighted by Crippen LogP contribution is -2.48. The highest BCUT2D eigenvalue weighted by molar-refractivity contribution is 5.72. The maximum Gasteiger partial charge on any atom is 0.408 e. The molecule has 0 saturated heterocycles. The highest BCUT2D eigenvalue weighted by atomic mass is 16.6. The Labute approximate surface area is 161 Å². The molecule has 0 spiro atoms. The van der Waals surface area contributed by atoms with Crippen LogP contribution < -0.4 is 5.32 Å². The molecule has 7 nitrogen and oxygen atoms in total. The predicted molar refractivity (Wildman–Crippen MR) is 101 cm³/mol. The van der Waals surface area contributed by atoms with Gasteiger partial charge < -0.3 is 24.6 Å². The van der Waals surface area contributed by atoms with Gasteiger partial charge in [0.15, 0.2) is 6.29 Å². The lowest BCUT2D eigenvalue weighted by molar-refractivity contribution is -0.150. The third-order valence-electron chi connectivity index (χ3n) is 3.88. The summed E-state index contributed by atoms with van der Waals surface area (Å²) in [5, 5.41) is 13.1. The van der Waals surface area contributed by atoms with E-state index in [-0.39, 0.29) is 13.0 Å². The number of methoxy groups -OCH3 is 1. The second-order valence-corrected chi connectivity index (χ2v) is 7.30. The van der Waals surface area contributed by atoms with Crippen LogP contribution in [-0.4, -0.2) is 42.2 Å². The van der Waals surface area contributed by atoms with Gasteiger partial charge in [-0.05, 0) is 39.2 Å². The lowest BCUT2D eigenvalue weighted by Gasteiger charge is -2.28. The zero-order valence-electron chi connectivity index (χ0n) is 16.7. The maximum atomic E-state index is 12.1. The van der Waals surface area contributed by atoms with Crippen molar-refractivity contribution in [3.8, 4) is 0 Å². The van der Waals surface area contributed by atoms with Crippen LogP contribution in [0.4, 0.5) is 4.79 Å². The first-order valence-electron chi connectivity index (χ1n) is 9.07. The maximum absolute atomic E-state index is 12.1. The Morgan fingerprint density at radius 1 is 1.19 bits per heavy atom. The topological polar surface area (TPSA) is 94.1 Å². The Morgan fingerprint density at radius 3 is 2.33 bits per heavy atom. The molecule has 0 aromatic heterocycles. The van der Waals surface area contributed by atoms with Gasteiger partial charge in [0.25, 0.3) is 0 Å². The van der Waals surface area contributed by atoms with Gasteiger partial charge in [0.1, 0.15) is 5.60 Å². The number of carbonyl (C=O) groups is 2. The van der Waals surface area contributed by atoms with Crippen LogP contribution in [0.3, 0.4) is 0 Å². The molecule has 0 aliphatic rings. The van der Waals surface area contributed by atoms with Gasteiger partial charge in [-0.1, -0.05) is 37.3 Å². The number of ether oxygens (including phenoxy) is 3. The van der Waals surface area contributed by atoms with Gasteiger partial charge in [0.05, 0.1) is 25.7 Å². The molecular formula is C20H31NO6. The Bertz CT molecular complexity index is 584. The quantitative estimate of drug-likeness (QED) is 0.504. The summed E-state index contributed by atoms with van der Waals surface area (Å²) in [4.78, 5) is 24.0. The summed E-state index contributed by atoms with van der Waals surface area (Å²) in [6.45, 7) is 7.24. The highest BCUT2D eigenvalue weighted by Gasteiger charge is 2.30. The third-order valence-corrected chi connectivity index (χ3v) is 3.88. The van der Waals surface area contributed by atoms with E-state index >= 15 is 0 Å².